The molecule has 3 unspecified atom stereocenters. The molecule has 0 bridgehead atoms. The van der Waals surface area contributed by atoms with E-state index in [0.29, 0.717) is 6.54 Å². The first kappa shape index (κ1) is 15.9. The number of nitrogens with zero attached hydrogens (tertiary/aromatic N) is 1. The fraction of sp³-hybridized carbons (Fsp3) is 0.667. The van der Waals surface area contributed by atoms with Crippen molar-refractivity contribution in [1.29, 1.82) is 0 Å². The van der Waals surface area contributed by atoms with Gasteiger partial charge in [0.2, 0.25) is 0 Å². The predicted octanol–water partition coefficient (Wildman–Crippen LogP) is 1.75. The Kier molecular flexibility index (Phi) is 5.64. The summed E-state index contributed by atoms with van der Waals surface area (Å²) in [6.45, 7) is 3.26. The van der Waals surface area contributed by atoms with Gasteiger partial charge in [-0.3, -0.25) is 4.90 Å². The van der Waals surface area contributed by atoms with E-state index in [1.807, 2.05) is 38.1 Å². The van der Waals surface area contributed by atoms with Crippen LogP contribution in [0, 0.1) is 0 Å². The van der Waals surface area contributed by atoms with Crippen LogP contribution >= 0.6 is 0 Å². The molecule has 2 heterocycles. The Balaban J connectivity index is 1.79. The minimum atomic E-state index is -0.170. The lowest BCUT2D eigenvalue weighted by Gasteiger charge is -2.24. The molecule has 3 atom stereocenters. The van der Waals surface area contributed by atoms with E-state index in [4.69, 9.17) is 9.15 Å². The molecular weight excluding hydrogens is 270 g/mol. The van der Waals surface area contributed by atoms with Gasteiger partial charge in [-0.05, 0) is 46.0 Å². The molecule has 118 valence electrons. The molecule has 0 aliphatic carbocycles. The van der Waals surface area contributed by atoms with Crippen molar-refractivity contribution in [3.8, 4) is 0 Å². The first-order chi connectivity index (χ1) is 10.1. The molecule has 0 spiro atoms. The standard InChI is InChI=1S/C15H25N3O3/c1-11(13-6-4-8-20-13)17-15(19)16-10-12(18(2)3)14-7-5-9-21-14/h5,7,9,11-13H,4,6,8,10H2,1-3H3,(H2,16,17,19). The first-order valence-electron chi connectivity index (χ1n) is 7.43. The molecule has 1 aliphatic heterocycles. The van der Waals surface area contributed by atoms with Crippen molar-refractivity contribution in [3.63, 3.8) is 0 Å². The lowest BCUT2D eigenvalue weighted by molar-refractivity contribution is 0.0859. The van der Waals surface area contributed by atoms with Crippen LogP contribution in [0.25, 0.3) is 0 Å². The maximum atomic E-state index is 12.0. The number of hydrogen-bond donors (Lipinski definition) is 2. The molecule has 0 aromatic carbocycles. The van der Waals surface area contributed by atoms with Crippen LogP contribution in [0.4, 0.5) is 4.79 Å². The normalized spacial score (nSPS) is 21.2. The smallest absolute Gasteiger partial charge is 0.315 e. The quantitative estimate of drug-likeness (QED) is 0.839. The Hall–Kier alpha value is -1.53. The van der Waals surface area contributed by atoms with Gasteiger partial charge in [0.1, 0.15) is 5.76 Å². The lowest BCUT2D eigenvalue weighted by Crippen LogP contribution is -2.47. The summed E-state index contributed by atoms with van der Waals surface area (Å²) in [7, 11) is 3.92. The minimum absolute atomic E-state index is 0.0174. The Bertz CT molecular complexity index is 427. The average molecular weight is 295 g/mol. The van der Waals surface area contributed by atoms with Crippen molar-refractivity contribution in [2.75, 3.05) is 27.2 Å². The number of rotatable bonds is 6. The number of furan rings is 1. The van der Waals surface area contributed by atoms with Gasteiger partial charge in [-0.2, -0.15) is 0 Å². The molecule has 0 radical (unpaired) electrons. The third kappa shape index (κ3) is 4.47. The average Bonchev–Trinajstić information content (AvgIpc) is 3.12. The van der Waals surface area contributed by atoms with E-state index in [1.54, 1.807) is 6.26 Å². The van der Waals surface area contributed by atoms with Crippen molar-refractivity contribution in [2.45, 2.75) is 38.0 Å². The van der Waals surface area contributed by atoms with Crippen LogP contribution in [0.5, 0.6) is 0 Å². The Morgan fingerprint density at radius 2 is 2.33 bits per heavy atom. The van der Waals surface area contributed by atoms with Crippen molar-refractivity contribution >= 4 is 6.03 Å². The second-order valence-electron chi connectivity index (χ2n) is 5.69. The van der Waals surface area contributed by atoms with E-state index in [-0.39, 0.29) is 24.2 Å². The van der Waals surface area contributed by atoms with Crippen LogP contribution in [0.1, 0.15) is 31.6 Å². The van der Waals surface area contributed by atoms with Crippen molar-refractivity contribution < 1.29 is 13.9 Å². The summed E-state index contributed by atoms with van der Waals surface area (Å²) >= 11 is 0. The second-order valence-corrected chi connectivity index (χ2v) is 5.69. The number of amides is 2. The zero-order valence-corrected chi connectivity index (χ0v) is 13.0. The van der Waals surface area contributed by atoms with Gasteiger partial charge in [0.15, 0.2) is 0 Å². The molecule has 0 saturated carbocycles. The summed E-state index contributed by atoms with van der Waals surface area (Å²) in [6.07, 6.45) is 3.85. The van der Waals surface area contributed by atoms with E-state index in [1.165, 1.54) is 0 Å². The van der Waals surface area contributed by atoms with Gasteiger partial charge in [0.05, 0.1) is 24.5 Å². The number of hydrogen-bond acceptors (Lipinski definition) is 4. The highest BCUT2D eigenvalue weighted by molar-refractivity contribution is 5.74. The molecule has 1 fully saturated rings. The molecular formula is C15H25N3O3. The van der Waals surface area contributed by atoms with Crippen LogP contribution in [-0.2, 0) is 4.74 Å². The molecule has 1 aromatic heterocycles. The van der Waals surface area contributed by atoms with Crippen molar-refractivity contribution in [2.24, 2.45) is 0 Å². The van der Waals surface area contributed by atoms with Gasteiger partial charge in [0.25, 0.3) is 0 Å². The zero-order chi connectivity index (χ0) is 15.2. The molecule has 2 amide bonds. The van der Waals surface area contributed by atoms with E-state index in [9.17, 15) is 4.79 Å². The highest BCUT2D eigenvalue weighted by atomic mass is 16.5. The Morgan fingerprint density at radius 1 is 1.52 bits per heavy atom. The molecule has 6 heteroatoms. The number of carbonyl (C=O) groups is 1. The SMILES string of the molecule is CC(NC(=O)NCC(c1ccco1)N(C)C)C1CCCO1. The van der Waals surface area contributed by atoms with Crippen molar-refractivity contribution in [1.82, 2.24) is 15.5 Å². The maximum Gasteiger partial charge on any atom is 0.315 e. The van der Waals surface area contributed by atoms with Crippen LogP contribution in [0.2, 0.25) is 0 Å². The number of nitrogens with one attached hydrogen (secondary N) is 2. The summed E-state index contributed by atoms with van der Waals surface area (Å²) in [6, 6.07) is 3.64. The zero-order valence-electron chi connectivity index (χ0n) is 13.0. The number of urea groups is 1. The molecule has 1 saturated heterocycles. The van der Waals surface area contributed by atoms with Crippen LogP contribution in [0.3, 0.4) is 0 Å². The molecule has 1 aromatic rings. The predicted molar refractivity (Wildman–Crippen MR) is 80.1 cm³/mol. The second kappa shape index (κ2) is 7.47. The van der Waals surface area contributed by atoms with Gasteiger partial charge in [0, 0.05) is 13.2 Å². The van der Waals surface area contributed by atoms with Crippen LogP contribution in [-0.4, -0.2) is 50.3 Å². The van der Waals surface area contributed by atoms with Gasteiger partial charge >= 0.3 is 6.03 Å². The van der Waals surface area contributed by atoms with E-state index in [0.717, 1.165) is 25.2 Å². The number of likely N-dealkylation sites (N-methyl/N-ethyl adjacent to an activating group) is 1. The molecule has 1 aliphatic rings. The fourth-order valence-electron chi connectivity index (χ4n) is 2.56. The van der Waals surface area contributed by atoms with Gasteiger partial charge in [-0.1, -0.05) is 0 Å². The lowest BCUT2D eigenvalue weighted by atomic mass is 10.1. The Morgan fingerprint density at radius 3 is 2.90 bits per heavy atom. The van der Waals surface area contributed by atoms with Crippen molar-refractivity contribution in [3.05, 3.63) is 24.2 Å². The molecule has 6 nitrogen and oxygen atoms in total. The highest BCUT2D eigenvalue weighted by Gasteiger charge is 2.24. The van der Waals surface area contributed by atoms with Crippen LogP contribution in [0.15, 0.2) is 22.8 Å². The highest BCUT2D eigenvalue weighted by Crippen LogP contribution is 2.18. The molecule has 2 rings (SSSR count). The minimum Gasteiger partial charge on any atom is -0.468 e. The third-order valence-corrected chi connectivity index (χ3v) is 3.83. The van der Waals surface area contributed by atoms with Gasteiger partial charge in [-0.25, -0.2) is 4.79 Å². The first-order valence-corrected chi connectivity index (χ1v) is 7.43. The number of carbonyl (C=O) groups excluding carboxylic acids is 1. The maximum absolute atomic E-state index is 12.0. The summed E-state index contributed by atoms with van der Waals surface area (Å²) < 4.78 is 11.0. The van der Waals surface area contributed by atoms with E-state index in [2.05, 4.69) is 10.6 Å². The van der Waals surface area contributed by atoms with E-state index >= 15 is 0 Å². The van der Waals surface area contributed by atoms with Gasteiger partial charge in [-0.15, -0.1) is 0 Å². The third-order valence-electron chi connectivity index (χ3n) is 3.83. The van der Waals surface area contributed by atoms with Gasteiger partial charge < -0.3 is 19.8 Å². The van der Waals surface area contributed by atoms with Crippen LogP contribution < -0.4 is 10.6 Å². The largest absolute Gasteiger partial charge is 0.468 e. The topological polar surface area (TPSA) is 66.7 Å². The Labute approximate surface area is 125 Å². The number of ether oxygens (including phenoxy) is 1. The summed E-state index contributed by atoms with van der Waals surface area (Å²) in [5.74, 6) is 0.840. The summed E-state index contributed by atoms with van der Waals surface area (Å²) in [4.78, 5) is 14.0. The molecule has 21 heavy (non-hydrogen) atoms. The fourth-order valence-corrected chi connectivity index (χ4v) is 2.56. The van der Waals surface area contributed by atoms with E-state index < -0.39 is 0 Å². The summed E-state index contributed by atoms with van der Waals surface area (Å²) in [5, 5.41) is 5.84. The molecule has 2 N–H and O–H groups in total. The summed E-state index contributed by atoms with van der Waals surface area (Å²) in [5.41, 5.74) is 0. The monoisotopic (exact) mass is 295 g/mol.